The highest BCUT2D eigenvalue weighted by atomic mass is 32.2. The maximum atomic E-state index is 12.0. The van der Waals surface area contributed by atoms with Gasteiger partial charge in [-0.2, -0.15) is 0 Å². The number of carboxylic acid groups (broad SMARTS) is 1. The van der Waals surface area contributed by atoms with Gasteiger partial charge in [0.15, 0.2) is 14.6 Å². The zero-order valence-electron chi connectivity index (χ0n) is 11.2. The molecular weight excluding hydrogens is 256 g/mol. The zero-order chi connectivity index (χ0) is 14.0. The third kappa shape index (κ3) is 3.43. The molecule has 0 radical (unpaired) electrons. The molecule has 106 valence electrons. The summed E-state index contributed by atoms with van der Waals surface area (Å²) in [6.07, 6.45) is 0. The molecule has 18 heavy (non-hydrogen) atoms. The predicted molar refractivity (Wildman–Crippen MR) is 69.4 cm³/mol. The van der Waals surface area contributed by atoms with Crippen molar-refractivity contribution >= 4 is 15.8 Å². The van der Waals surface area contributed by atoms with Crippen molar-refractivity contribution in [1.82, 2.24) is 9.80 Å². The van der Waals surface area contributed by atoms with E-state index in [1.807, 2.05) is 7.05 Å². The third-order valence-electron chi connectivity index (χ3n) is 3.56. The normalized spacial score (nSPS) is 19.9. The van der Waals surface area contributed by atoms with Crippen molar-refractivity contribution in [2.24, 2.45) is 0 Å². The second-order valence-corrected chi connectivity index (χ2v) is 7.94. The lowest BCUT2D eigenvalue weighted by Gasteiger charge is -2.32. The van der Waals surface area contributed by atoms with E-state index in [9.17, 15) is 13.2 Å². The molecule has 1 aliphatic heterocycles. The van der Waals surface area contributed by atoms with Crippen molar-refractivity contribution in [3.63, 3.8) is 0 Å². The van der Waals surface area contributed by atoms with Crippen molar-refractivity contribution in [2.75, 3.05) is 45.5 Å². The molecule has 1 N–H and O–H groups in total. The van der Waals surface area contributed by atoms with Crippen LogP contribution < -0.4 is 0 Å². The van der Waals surface area contributed by atoms with Crippen LogP contribution in [0.4, 0.5) is 0 Å². The minimum Gasteiger partial charge on any atom is -0.480 e. The van der Waals surface area contributed by atoms with Gasteiger partial charge in [-0.05, 0) is 20.9 Å². The molecule has 0 atom stereocenters. The number of sulfone groups is 1. The largest absolute Gasteiger partial charge is 0.480 e. The summed E-state index contributed by atoms with van der Waals surface area (Å²) in [6, 6.07) is 0. The van der Waals surface area contributed by atoms with E-state index in [-0.39, 0.29) is 5.75 Å². The summed E-state index contributed by atoms with van der Waals surface area (Å²) in [5, 5.41) is 8.95. The zero-order valence-corrected chi connectivity index (χ0v) is 12.0. The molecule has 1 aliphatic rings. The van der Waals surface area contributed by atoms with Gasteiger partial charge in [0.05, 0.1) is 5.75 Å². The summed E-state index contributed by atoms with van der Waals surface area (Å²) in [4.78, 5) is 15.2. The van der Waals surface area contributed by atoms with Gasteiger partial charge in [-0.3, -0.25) is 9.69 Å². The summed E-state index contributed by atoms with van der Waals surface area (Å²) in [7, 11) is -1.60. The van der Waals surface area contributed by atoms with Crippen molar-refractivity contribution in [2.45, 2.75) is 18.6 Å². The lowest BCUT2D eigenvalue weighted by molar-refractivity contribution is -0.139. The lowest BCUT2D eigenvalue weighted by atomic mass is 10.2. The van der Waals surface area contributed by atoms with Crippen molar-refractivity contribution in [3.05, 3.63) is 0 Å². The second kappa shape index (κ2) is 5.54. The summed E-state index contributed by atoms with van der Waals surface area (Å²) < 4.78 is 22.3. The van der Waals surface area contributed by atoms with Crippen molar-refractivity contribution in [1.29, 1.82) is 0 Å². The van der Waals surface area contributed by atoms with Gasteiger partial charge in [-0.25, -0.2) is 8.42 Å². The van der Waals surface area contributed by atoms with Gasteiger partial charge in [0.2, 0.25) is 0 Å². The Morgan fingerprint density at radius 1 is 1.22 bits per heavy atom. The number of hydrogen-bond donors (Lipinski definition) is 1. The summed E-state index contributed by atoms with van der Waals surface area (Å²) in [5.74, 6) is -1.39. The number of rotatable bonds is 5. The molecule has 0 amide bonds. The van der Waals surface area contributed by atoms with Crippen molar-refractivity contribution in [3.8, 4) is 0 Å². The Bertz CT molecular complexity index is 397. The third-order valence-corrected chi connectivity index (χ3v) is 6.01. The van der Waals surface area contributed by atoms with E-state index < -0.39 is 20.6 Å². The van der Waals surface area contributed by atoms with Crippen LogP contribution in [-0.4, -0.2) is 79.6 Å². The van der Waals surface area contributed by atoms with Crippen LogP contribution in [0.1, 0.15) is 13.8 Å². The number of nitrogens with zero attached hydrogens (tertiary/aromatic N) is 2. The van der Waals surface area contributed by atoms with Gasteiger partial charge in [0.25, 0.3) is 0 Å². The van der Waals surface area contributed by atoms with Crippen LogP contribution in [0, 0.1) is 0 Å². The molecule has 0 unspecified atom stereocenters. The van der Waals surface area contributed by atoms with Gasteiger partial charge in [0, 0.05) is 32.7 Å². The molecule has 0 bridgehead atoms. The summed E-state index contributed by atoms with van der Waals surface area (Å²) >= 11 is 0. The van der Waals surface area contributed by atoms with Crippen LogP contribution in [0.25, 0.3) is 0 Å². The van der Waals surface area contributed by atoms with Crippen LogP contribution in [0.3, 0.4) is 0 Å². The number of likely N-dealkylation sites (N-methyl/N-ethyl adjacent to an activating group) is 1. The van der Waals surface area contributed by atoms with Crippen LogP contribution >= 0.6 is 0 Å². The van der Waals surface area contributed by atoms with Crippen molar-refractivity contribution < 1.29 is 18.3 Å². The van der Waals surface area contributed by atoms with Crippen LogP contribution in [0.15, 0.2) is 0 Å². The minimum atomic E-state index is -3.63. The van der Waals surface area contributed by atoms with Gasteiger partial charge in [-0.1, -0.05) is 0 Å². The molecule has 6 nitrogen and oxygen atoms in total. The fraction of sp³-hybridized carbons (Fsp3) is 0.909. The SMILES string of the molecule is CN1CCN(CCS(=O)(=O)C(C)(C)C(=O)O)CC1. The number of piperazine rings is 1. The van der Waals surface area contributed by atoms with Gasteiger partial charge < -0.3 is 10.0 Å². The van der Waals surface area contributed by atoms with Crippen LogP contribution in [0.2, 0.25) is 0 Å². The van der Waals surface area contributed by atoms with E-state index in [0.717, 1.165) is 26.2 Å². The Labute approximate surface area is 108 Å². The first-order valence-electron chi connectivity index (χ1n) is 6.03. The van der Waals surface area contributed by atoms with Gasteiger partial charge in [0.1, 0.15) is 0 Å². The molecule has 0 aliphatic carbocycles. The first-order valence-corrected chi connectivity index (χ1v) is 7.68. The highest BCUT2D eigenvalue weighted by Crippen LogP contribution is 2.18. The monoisotopic (exact) mass is 278 g/mol. The van der Waals surface area contributed by atoms with Gasteiger partial charge in [-0.15, -0.1) is 0 Å². The molecule has 0 aromatic carbocycles. The standard InChI is InChI=1S/C11H22N2O4S/c1-11(2,10(14)15)18(16,17)9-8-13-6-4-12(3)5-7-13/h4-9H2,1-3H3,(H,14,15). The number of carboxylic acids is 1. The van der Waals surface area contributed by atoms with E-state index in [0.29, 0.717) is 6.54 Å². The van der Waals surface area contributed by atoms with E-state index in [2.05, 4.69) is 9.80 Å². The molecule has 1 saturated heterocycles. The number of aliphatic carboxylic acids is 1. The molecule has 1 heterocycles. The smallest absolute Gasteiger partial charge is 0.324 e. The number of hydrogen-bond acceptors (Lipinski definition) is 5. The Morgan fingerprint density at radius 3 is 2.17 bits per heavy atom. The molecule has 0 saturated carbocycles. The molecular formula is C11H22N2O4S. The first kappa shape index (κ1) is 15.4. The minimum absolute atomic E-state index is 0.101. The highest BCUT2D eigenvalue weighted by molar-refractivity contribution is 7.93. The first-order chi connectivity index (χ1) is 8.17. The quantitative estimate of drug-likeness (QED) is 0.731. The summed E-state index contributed by atoms with van der Waals surface area (Å²) in [6.45, 7) is 6.40. The van der Waals surface area contributed by atoms with E-state index >= 15 is 0 Å². The predicted octanol–water partition coefficient (Wildman–Crippen LogP) is -0.488. The Kier molecular flexibility index (Phi) is 4.74. The Hall–Kier alpha value is -0.660. The van der Waals surface area contributed by atoms with Gasteiger partial charge >= 0.3 is 5.97 Å². The molecule has 0 aromatic heterocycles. The Morgan fingerprint density at radius 2 is 1.72 bits per heavy atom. The lowest BCUT2D eigenvalue weighted by Crippen LogP contribution is -2.48. The highest BCUT2D eigenvalue weighted by Gasteiger charge is 2.41. The fourth-order valence-electron chi connectivity index (χ4n) is 1.71. The molecule has 0 aromatic rings. The van der Waals surface area contributed by atoms with Crippen LogP contribution in [0.5, 0.6) is 0 Å². The van der Waals surface area contributed by atoms with E-state index in [1.54, 1.807) is 0 Å². The average molecular weight is 278 g/mol. The molecule has 0 spiro atoms. The average Bonchev–Trinajstić information content (AvgIpc) is 2.28. The van der Waals surface area contributed by atoms with Crippen LogP contribution in [-0.2, 0) is 14.6 Å². The molecule has 1 fully saturated rings. The van der Waals surface area contributed by atoms with E-state index in [1.165, 1.54) is 13.8 Å². The maximum Gasteiger partial charge on any atom is 0.324 e. The summed E-state index contributed by atoms with van der Waals surface area (Å²) in [5.41, 5.74) is 0. The molecule has 1 rings (SSSR count). The van der Waals surface area contributed by atoms with E-state index in [4.69, 9.17) is 5.11 Å². The second-order valence-electron chi connectivity index (χ2n) is 5.28. The maximum absolute atomic E-state index is 12.0. The Balaban J connectivity index is 2.55. The number of carbonyl (C=O) groups is 1. The topological polar surface area (TPSA) is 77.9 Å². The molecule has 7 heteroatoms. The fourth-order valence-corrected chi connectivity index (χ4v) is 2.98.